The van der Waals surface area contributed by atoms with Gasteiger partial charge in [-0.25, -0.2) is 13.2 Å². The molecule has 0 aromatic heterocycles. The number of sulfonamides is 1. The predicted octanol–water partition coefficient (Wildman–Crippen LogP) is 3.44. The van der Waals surface area contributed by atoms with E-state index in [1.807, 2.05) is 0 Å². The summed E-state index contributed by atoms with van der Waals surface area (Å²) in [5.74, 6) is -16.3. The van der Waals surface area contributed by atoms with Crippen LogP contribution in [-0.2, 0) is 19.6 Å². The zero-order valence-corrected chi connectivity index (χ0v) is 13.9. The van der Waals surface area contributed by atoms with Crippen molar-refractivity contribution in [3.63, 3.8) is 0 Å². The van der Waals surface area contributed by atoms with Crippen LogP contribution in [0.3, 0.4) is 0 Å². The summed E-state index contributed by atoms with van der Waals surface area (Å²) in [7, 11) is -7.37. The quantitative estimate of drug-likeness (QED) is 0.237. The van der Waals surface area contributed by atoms with Gasteiger partial charge in [-0.05, 0) is 10.9 Å². The molecule has 27 heavy (non-hydrogen) atoms. The predicted molar refractivity (Wildman–Crippen MR) is 68.0 cm³/mol. The van der Waals surface area contributed by atoms with Crippen LogP contribution in [0.1, 0.15) is 13.3 Å². The first-order valence-corrected chi connectivity index (χ1v) is 7.96. The van der Waals surface area contributed by atoms with Crippen molar-refractivity contribution in [2.45, 2.75) is 36.6 Å². The zero-order chi connectivity index (χ0) is 22.1. The van der Waals surface area contributed by atoms with Crippen LogP contribution in [0.2, 0.25) is 0 Å². The summed E-state index contributed by atoms with van der Waals surface area (Å²) in [5.41, 5.74) is -0.232. The summed E-state index contributed by atoms with van der Waals surface area (Å²) in [4.78, 5) is 11.1. The van der Waals surface area contributed by atoms with Crippen LogP contribution in [0.25, 0.3) is 0 Å². The SMILES string of the molecule is C=C(CC)C(=O)OCCN(F)S(=O)(=O)C(F)(F)C(F)(F)C(F)(F)C(F)(F)F. The Morgan fingerprint density at radius 2 is 1.44 bits per heavy atom. The maximum absolute atomic E-state index is 13.3. The highest BCUT2D eigenvalue weighted by Crippen LogP contribution is 2.55. The normalized spacial score (nSPS) is 14.4. The number of hydrogen-bond acceptors (Lipinski definition) is 4. The van der Waals surface area contributed by atoms with E-state index in [9.17, 15) is 57.2 Å². The third kappa shape index (κ3) is 4.47. The summed E-state index contributed by atoms with van der Waals surface area (Å²) in [6.45, 7) is 1.28. The average molecular weight is 443 g/mol. The second kappa shape index (κ2) is 7.81. The van der Waals surface area contributed by atoms with Gasteiger partial charge >= 0.3 is 39.3 Å². The van der Waals surface area contributed by atoms with Crippen LogP contribution >= 0.6 is 0 Å². The van der Waals surface area contributed by atoms with E-state index in [-0.39, 0.29) is 12.0 Å². The molecule has 0 amide bonds. The van der Waals surface area contributed by atoms with E-state index in [0.29, 0.717) is 0 Å². The smallest absolute Gasteiger partial charge is 0.460 e. The molecule has 0 aromatic carbocycles. The molecular formula is C11H11F10NO4S. The molecule has 0 spiro atoms. The van der Waals surface area contributed by atoms with E-state index in [1.165, 1.54) is 6.92 Å². The monoisotopic (exact) mass is 443 g/mol. The van der Waals surface area contributed by atoms with E-state index in [1.54, 1.807) is 0 Å². The number of nitrogens with zero attached hydrogens (tertiary/aromatic N) is 1. The molecule has 0 aliphatic heterocycles. The largest absolute Gasteiger partial charge is 0.461 e. The standard InChI is InChI=1S/C11H11F10NO4S/c1-3-6(2)7(23)26-5-4-22(21)27(24,25)11(19,20)9(14,15)8(12,13)10(16,17)18/h2-5H2,1H3. The van der Waals surface area contributed by atoms with Crippen molar-refractivity contribution in [3.05, 3.63) is 12.2 Å². The number of alkyl halides is 9. The molecule has 0 N–H and O–H groups in total. The van der Waals surface area contributed by atoms with Gasteiger partial charge in [0.05, 0.1) is 6.54 Å². The second-order valence-electron chi connectivity index (χ2n) is 4.77. The molecule has 0 heterocycles. The average Bonchev–Trinajstić information content (AvgIpc) is 2.51. The van der Waals surface area contributed by atoms with Crippen molar-refractivity contribution in [3.8, 4) is 0 Å². The van der Waals surface area contributed by atoms with Gasteiger partial charge in [-0.15, -0.1) is 4.48 Å². The van der Waals surface area contributed by atoms with Gasteiger partial charge in [-0.1, -0.05) is 13.5 Å². The summed E-state index contributed by atoms with van der Waals surface area (Å²) in [6, 6.07) is 0. The lowest BCUT2D eigenvalue weighted by molar-refractivity contribution is -0.382. The highest BCUT2D eigenvalue weighted by Gasteiger charge is 2.86. The van der Waals surface area contributed by atoms with E-state index >= 15 is 0 Å². The van der Waals surface area contributed by atoms with E-state index in [2.05, 4.69) is 11.3 Å². The molecule has 0 aromatic rings. The number of carbonyl (C=O) groups is 1. The van der Waals surface area contributed by atoms with Crippen LogP contribution in [0, 0.1) is 0 Å². The minimum atomic E-state index is -7.56. The Hall–Kier alpha value is -1.58. The molecule has 0 rings (SSSR count). The summed E-state index contributed by atoms with van der Waals surface area (Å²) < 4.78 is 151. The summed E-state index contributed by atoms with van der Waals surface area (Å²) >= 11 is 0. The van der Waals surface area contributed by atoms with Gasteiger partial charge in [-0.3, -0.25) is 0 Å². The first-order valence-electron chi connectivity index (χ1n) is 6.52. The van der Waals surface area contributed by atoms with Gasteiger partial charge in [0, 0.05) is 5.57 Å². The molecule has 0 unspecified atom stereocenters. The van der Waals surface area contributed by atoms with E-state index in [0.717, 1.165) is 0 Å². The molecule has 160 valence electrons. The highest BCUT2D eigenvalue weighted by molar-refractivity contribution is 7.90. The maximum atomic E-state index is 13.3. The Morgan fingerprint density at radius 3 is 1.81 bits per heavy atom. The van der Waals surface area contributed by atoms with E-state index < -0.39 is 56.9 Å². The lowest BCUT2D eigenvalue weighted by Crippen LogP contribution is -2.64. The molecule has 0 fully saturated rings. The van der Waals surface area contributed by atoms with Gasteiger partial charge in [0.2, 0.25) is 0 Å². The lowest BCUT2D eigenvalue weighted by Gasteiger charge is -2.33. The number of rotatable bonds is 9. The molecule has 0 atom stereocenters. The number of hydrogen-bond donors (Lipinski definition) is 0. The fourth-order valence-electron chi connectivity index (χ4n) is 1.22. The first-order chi connectivity index (χ1) is 11.8. The first kappa shape index (κ1) is 25.4. The Balaban J connectivity index is 5.54. The molecule has 0 radical (unpaired) electrons. The lowest BCUT2D eigenvalue weighted by atomic mass is 10.1. The van der Waals surface area contributed by atoms with Crippen LogP contribution in [0.4, 0.5) is 44.0 Å². The summed E-state index contributed by atoms with van der Waals surface area (Å²) in [6.07, 6.45) is -7.26. The van der Waals surface area contributed by atoms with Crippen molar-refractivity contribution >= 4 is 16.0 Å². The molecule has 0 aliphatic carbocycles. The van der Waals surface area contributed by atoms with Crippen molar-refractivity contribution in [2.75, 3.05) is 13.2 Å². The molecule has 0 bridgehead atoms. The number of halogens is 10. The zero-order valence-electron chi connectivity index (χ0n) is 13.1. The third-order valence-corrected chi connectivity index (χ3v) is 4.52. The minimum Gasteiger partial charge on any atom is -0.461 e. The molecule has 0 saturated carbocycles. The van der Waals surface area contributed by atoms with Gasteiger partial charge in [0.1, 0.15) is 6.61 Å². The Kier molecular flexibility index (Phi) is 7.35. The molecule has 16 heteroatoms. The van der Waals surface area contributed by atoms with Gasteiger partial charge in [0.15, 0.2) is 0 Å². The van der Waals surface area contributed by atoms with E-state index in [4.69, 9.17) is 0 Å². The Bertz CT molecular complexity index is 673. The van der Waals surface area contributed by atoms with Crippen molar-refractivity contribution in [1.29, 1.82) is 0 Å². The minimum absolute atomic E-state index is 0.00723. The van der Waals surface area contributed by atoms with Crippen molar-refractivity contribution < 1.29 is 61.9 Å². The highest BCUT2D eigenvalue weighted by atomic mass is 32.2. The Morgan fingerprint density at radius 1 is 1.00 bits per heavy atom. The molecule has 0 saturated heterocycles. The van der Waals surface area contributed by atoms with Crippen molar-refractivity contribution in [2.24, 2.45) is 0 Å². The maximum Gasteiger partial charge on any atom is 0.460 e. The van der Waals surface area contributed by atoms with Gasteiger partial charge < -0.3 is 4.74 Å². The third-order valence-electron chi connectivity index (χ3n) is 2.92. The Labute approximate surface area is 145 Å². The fourth-order valence-corrected chi connectivity index (χ4v) is 2.24. The van der Waals surface area contributed by atoms with Crippen LogP contribution in [0.15, 0.2) is 12.2 Å². The number of carbonyl (C=O) groups excluding carboxylic acids is 1. The second-order valence-corrected chi connectivity index (χ2v) is 6.63. The van der Waals surface area contributed by atoms with Crippen LogP contribution < -0.4 is 0 Å². The van der Waals surface area contributed by atoms with Gasteiger partial charge in [0.25, 0.3) is 0 Å². The number of ether oxygens (including phenoxy) is 1. The topological polar surface area (TPSA) is 63.7 Å². The van der Waals surface area contributed by atoms with Crippen LogP contribution in [-0.4, -0.2) is 55.3 Å². The van der Waals surface area contributed by atoms with Crippen molar-refractivity contribution in [1.82, 2.24) is 4.53 Å². The summed E-state index contributed by atoms with van der Waals surface area (Å²) in [5, 5.41) is -7.20. The molecule has 5 nitrogen and oxygen atoms in total. The number of esters is 1. The fraction of sp³-hybridized carbons (Fsp3) is 0.727. The van der Waals surface area contributed by atoms with Crippen LogP contribution in [0.5, 0.6) is 0 Å². The molecular weight excluding hydrogens is 432 g/mol. The molecule has 0 aliphatic rings. The van der Waals surface area contributed by atoms with Gasteiger partial charge in [-0.2, -0.15) is 39.5 Å².